The van der Waals surface area contributed by atoms with E-state index in [1.54, 1.807) is 41.4 Å². The minimum absolute atomic E-state index is 0.0276. The molecule has 0 radical (unpaired) electrons. The molecule has 2 amide bonds. The molecule has 1 fully saturated rings. The van der Waals surface area contributed by atoms with Gasteiger partial charge in [0.25, 0.3) is 0 Å². The summed E-state index contributed by atoms with van der Waals surface area (Å²) in [7, 11) is 3.09. The number of rotatable bonds is 31. The van der Waals surface area contributed by atoms with Crippen molar-refractivity contribution in [2.45, 2.75) is 19.5 Å². The predicted molar refractivity (Wildman–Crippen MR) is 257 cm³/mol. The van der Waals surface area contributed by atoms with E-state index in [1.165, 1.54) is 35.3 Å². The van der Waals surface area contributed by atoms with Gasteiger partial charge >= 0.3 is 11.9 Å². The van der Waals surface area contributed by atoms with Gasteiger partial charge in [-0.05, 0) is 42.0 Å². The summed E-state index contributed by atoms with van der Waals surface area (Å²) in [6.45, 7) is 9.22. The zero-order chi connectivity index (χ0) is 50.4. The molecule has 1 aliphatic heterocycles. The maximum Gasteiger partial charge on any atom is 0.418 e. The summed E-state index contributed by atoms with van der Waals surface area (Å²) in [5.74, 6) is 0.217. The molecule has 0 aliphatic carbocycles. The number of alkyl halides is 3. The fraction of sp³-hybridized carbons (Fsp3) is 0.531. The molecule has 1 saturated heterocycles. The highest BCUT2D eigenvalue weighted by Crippen LogP contribution is 2.39. The Hall–Kier alpha value is -5.72. The lowest BCUT2D eigenvalue weighted by Gasteiger charge is -2.37. The summed E-state index contributed by atoms with van der Waals surface area (Å²) in [5, 5.41) is 3.23. The molecular formula is C49H64F3N7O12. The Kier molecular flexibility index (Phi) is 21.8. The number of hydrogen-bond acceptors (Lipinski definition) is 15. The van der Waals surface area contributed by atoms with Crippen LogP contribution < -0.4 is 20.6 Å². The number of aryl methyl sites for hydroxylation is 1. The second-order valence-corrected chi connectivity index (χ2v) is 16.2. The molecular weight excluding hydrogens is 936 g/mol. The van der Waals surface area contributed by atoms with Crippen LogP contribution >= 0.6 is 0 Å². The van der Waals surface area contributed by atoms with Crippen molar-refractivity contribution in [3.05, 3.63) is 77.0 Å². The van der Waals surface area contributed by atoms with Crippen molar-refractivity contribution in [3.8, 4) is 22.7 Å². The number of imidazole rings is 1. The van der Waals surface area contributed by atoms with Crippen LogP contribution in [0.4, 0.5) is 18.9 Å². The van der Waals surface area contributed by atoms with E-state index in [4.69, 9.17) is 42.6 Å². The van der Waals surface area contributed by atoms with Crippen molar-refractivity contribution in [2.24, 2.45) is 7.05 Å². The second-order valence-electron chi connectivity index (χ2n) is 16.2. The van der Waals surface area contributed by atoms with Gasteiger partial charge < -0.3 is 57.7 Å². The predicted octanol–water partition coefficient (Wildman–Crippen LogP) is 4.27. The number of carbonyl (C=O) groups excluding carboxylic acids is 2. The van der Waals surface area contributed by atoms with Crippen molar-refractivity contribution < 1.29 is 65.4 Å². The van der Waals surface area contributed by atoms with Crippen LogP contribution in [0, 0.1) is 0 Å². The van der Waals surface area contributed by atoms with E-state index in [0.29, 0.717) is 127 Å². The van der Waals surface area contributed by atoms with Gasteiger partial charge in [-0.3, -0.25) is 23.7 Å². The minimum atomic E-state index is -4.74. The Bertz CT molecular complexity index is 2500. The Balaban J connectivity index is 0.837. The van der Waals surface area contributed by atoms with Gasteiger partial charge in [0.2, 0.25) is 17.7 Å². The van der Waals surface area contributed by atoms with Gasteiger partial charge in [-0.1, -0.05) is 6.07 Å². The van der Waals surface area contributed by atoms with Crippen LogP contribution in [0.25, 0.3) is 38.8 Å². The maximum atomic E-state index is 14.9. The summed E-state index contributed by atoms with van der Waals surface area (Å²) >= 11 is 0. The van der Waals surface area contributed by atoms with Crippen molar-refractivity contribution in [1.29, 1.82) is 0 Å². The highest BCUT2D eigenvalue weighted by Gasteiger charge is 2.37. The minimum Gasteiger partial charge on any atom is -0.481 e. The van der Waals surface area contributed by atoms with E-state index in [1.807, 2.05) is 18.2 Å². The summed E-state index contributed by atoms with van der Waals surface area (Å²) in [6, 6.07) is 13.0. The third-order valence-electron chi connectivity index (χ3n) is 11.4. The SMILES string of the molecule is COc1ccc(-c2ccc3ncc4c(c3c2)n(-c2ccc(N3CCN(C(=O)CCOCCOCCOCCOCCOCCOCCOCCOCCNC(C)=O)CC3)c(C(F)(F)F)c2)c(=O)n4C)cn1. The van der Waals surface area contributed by atoms with Crippen molar-refractivity contribution in [1.82, 2.24) is 29.3 Å². The number of piperazine rings is 1. The topological polar surface area (TPSA) is 188 Å². The zero-order valence-electron chi connectivity index (χ0n) is 40.5. The molecule has 0 bridgehead atoms. The van der Waals surface area contributed by atoms with Gasteiger partial charge in [0.15, 0.2) is 0 Å². The van der Waals surface area contributed by atoms with Crippen molar-refractivity contribution in [3.63, 3.8) is 0 Å². The lowest BCUT2D eigenvalue weighted by Crippen LogP contribution is -2.49. The monoisotopic (exact) mass is 999 g/mol. The number of benzene rings is 2. The lowest BCUT2D eigenvalue weighted by atomic mass is 10.0. The van der Waals surface area contributed by atoms with Gasteiger partial charge in [-0.15, -0.1) is 0 Å². The van der Waals surface area contributed by atoms with Gasteiger partial charge in [-0.25, -0.2) is 9.78 Å². The summed E-state index contributed by atoms with van der Waals surface area (Å²) in [4.78, 5) is 49.6. The highest BCUT2D eigenvalue weighted by atomic mass is 19.4. The number of fused-ring (bicyclic) bond motifs is 3. The van der Waals surface area contributed by atoms with Gasteiger partial charge in [0, 0.05) is 75.6 Å². The highest BCUT2D eigenvalue weighted by molar-refractivity contribution is 6.04. The smallest absolute Gasteiger partial charge is 0.418 e. The van der Waals surface area contributed by atoms with E-state index < -0.39 is 17.4 Å². The fourth-order valence-corrected chi connectivity index (χ4v) is 7.71. The largest absolute Gasteiger partial charge is 0.481 e. The Labute approximate surface area is 409 Å². The molecule has 1 N–H and O–H groups in total. The molecule has 71 heavy (non-hydrogen) atoms. The number of methoxy groups -OCH3 is 1. The number of hydrogen-bond donors (Lipinski definition) is 1. The van der Waals surface area contributed by atoms with E-state index in [9.17, 15) is 27.6 Å². The molecule has 0 unspecified atom stereocenters. The lowest BCUT2D eigenvalue weighted by molar-refractivity contribution is -0.137. The standard InChI is InChI=1S/C49H64F3N7O12/c1-36(60)53-11-17-65-19-21-67-23-25-69-27-29-71-31-30-70-28-26-68-24-22-66-20-18-64-16-10-46(61)58-14-12-57(13-15-58)43-8-6-39(33-41(43)49(50,51)52)59-47-40-32-37(38-5-9-45(63-3)55-34-38)4-7-42(40)54-35-44(47)56(2)48(59)62/h4-9,32-35H,10-31H2,1-3H3,(H,53,60). The number of nitrogens with zero attached hydrogens (tertiary/aromatic N) is 6. The van der Waals surface area contributed by atoms with Crippen LogP contribution in [0.2, 0.25) is 0 Å². The number of aromatic nitrogens is 4. The van der Waals surface area contributed by atoms with E-state index in [2.05, 4.69) is 15.3 Å². The number of carbonyl (C=O) groups is 2. The summed E-state index contributed by atoms with van der Waals surface area (Å²) < 4.78 is 96.3. The van der Waals surface area contributed by atoms with Crippen LogP contribution in [0.3, 0.4) is 0 Å². The summed E-state index contributed by atoms with van der Waals surface area (Å²) in [5.41, 5.74) is 1.63. The Morgan fingerprint density at radius 1 is 0.662 bits per heavy atom. The average Bonchev–Trinajstić information content (AvgIpc) is 3.63. The molecule has 6 rings (SSSR count). The zero-order valence-corrected chi connectivity index (χ0v) is 40.5. The van der Waals surface area contributed by atoms with E-state index in [-0.39, 0.29) is 69.0 Å². The van der Waals surface area contributed by atoms with Crippen molar-refractivity contribution in [2.75, 3.05) is 150 Å². The number of nitrogens with one attached hydrogen (secondary N) is 1. The van der Waals surface area contributed by atoms with E-state index in [0.717, 1.165) is 17.2 Å². The molecule has 0 spiro atoms. The number of ether oxygens (including phenoxy) is 9. The number of halogens is 3. The van der Waals surface area contributed by atoms with E-state index >= 15 is 0 Å². The Morgan fingerprint density at radius 3 is 1.73 bits per heavy atom. The normalized spacial score (nSPS) is 13.2. The quantitative estimate of drug-likeness (QED) is 0.0620. The number of pyridine rings is 2. The average molecular weight is 1000 g/mol. The molecule has 22 heteroatoms. The number of amides is 2. The van der Waals surface area contributed by atoms with Gasteiger partial charge in [0.1, 0.15) is 0 Å². The molecule has 5 aromatic rings. The van der Waals surface area contributed by atoms with Crippen LogP contribution in [-0.2, 0) is 60.7 Å². The first-order valence-corrected chi connectivity index (χ1v) is 23.6. The first-order chi connectivity index (χ1) is 34.5. The van der Waals surface area contributed by atoms with Gasteiger partial charge in [-0.2, -0.15) is 13.2 Å². The van der Waals surface area contributed by atoms with Crippen LogP contribution in [0.5, 0.6) is 5.88 Å². The molecule has 3 aromatic heterocycles. The molecule has 0 saturated carbocycles. The van der Waals surface area contributed by atoms with Crippen LogP contribution in [-0.4, -0.2) is 181 Å². The molecule has 388 valence electrons. The fourth-order valence-electron chi connectivity index (χ4n) is 7.71. The van der Waals surface area contributed by atoms with Crippen LogP contribution in [0.1, 0.15) is 18.9 Å². The molecule has 1 aliphatic rings. The first-order valence-electron chi connectivity index (χ1n) is 23.6. The first kappa shape index (κ1) is 54.6. The molecule has 0 atom stereocenters. The molecule has 2 aromatic carbocycles. The molecule has 19 nitrogen and oxygen atoms in total. The third-order valence-corrected chi connectivity index (χ3v) is 11.4. The number of anilines is 1. The van der Waals surface area contributed by atoms with Crippen molar-refractivity contribution >= 4 is 39.4 Å². The molecule has 4 heterocycles. The van der Waals surface area contributed by atoms with Gasteiger partial charge in [0.05, 0.1) is 153 Å². The second kappa shape index (κ2) is 28.4. The third kappa shape index (κ3) is 16.4. The Morgan fingerprint density at radius 2 is 1.21 bits per heavy atom. The summed E-state index contributed by atoms with van der Waals surface area (Å²) in [6.07, 6.45) is -1.41. The van der Waals surface area contributed by atoms with Crippen LogP contribution in [0.15, 0.2) is 65.7 Å². The maximum absolute atomic E-state index is 14.9.